The van der Waals surface area contributed by atoms with Crippen LogP contribution in [0.1, 0.15) is 19.8 Å². The molecule has 2 rings (SSSR count). The molecular weight excluding hydrogens is 356 g/mol. The summed E-state index contributed by atoms with van der Waals surface area (Å²) in [5.74, 6) is 1.92. The fourth-order valence-electron chi connectivity index (χ4n) is 3.14. The molecule has 1 fully saturated rings. The summed E-state index contributed by atoms with van der Waals surface area (Å²) in [6.45, 7) is 9.85. The van der Waals surface area contributed by atoms with Gasteiger partial charge in [-0.05, 0) is 44.0 Å². The van der Waals surface area contributed by atoms with Crippen LogP contribution in [0.15, 0.2) is 29.3 Å². The molecule has 0 atom stereocenters. The second-order valence-electron chi connectivity index (χ2n) is 6.72. The van der Waals surface area contributed by atoms with Crippen molar-refractivity contribution in [1.29, 1.82) is 0 Å². The Morgan fingerprint density at radius 3 is 2.39 bits per heavy atom. The molecule has 7 nitrogen and oxygen atoms in total. The minimum absolute atomic E-state index is 0.658. The molecule has 1 N–H and O–H groups in total. The third-order valence-corrected chi connectivity index (χ3v) is 4.74. The zero-order valence-corrected chi connectivity index (χ0v) is 17.7. The van der Waals surface area contributed by atoms with Gasteiger partial charge >= 0.3 is 0 Å². The van der Waals surface area contributed by atoms with E-state index < -0.39 is 0 Å². The molecule has 1 aromatic carbocycles. The minimum atomic E-state index is 0.658. The molecule has 1 heterocycles. The second-order valence-corrected chi connectivity index (χ2v) is 6.72. The number of unbranched alkanes of at least 4 members (excludes halogenated alkanes) is 1. The summed E-state index contributed by atoms with van der Waals surface area (Å²) < 4.78 is 15.7. The van der Waals surface area contributed by atoms with Gasteiger partial charge in [0, 0.05) is 58.7 Å². The van der Waals surface area contributed by atoms with Crippen LogP contribution in [0.4, 0.5) is 5.69 Å². The standard InChI is InChI=1S/C21H36N4O3/c1-4-22-21(23-11-5-6-16-28-18-17-26-2)25-14-12-24(13-15-25)19-7-9-20(27-3)10-8-19/h7-10H,4-6,11-18H2,1-3H3,(H,22,23). The highest BCUT2D eigenvalue weighted by atomic mass is 16.5. The van der Waals surface area contributed by atoms with Crippen LogP contribution in [0.3, 0.4) is 0 Å². The Morgan fingerprint density at radius 2 is 1.75 bits per heavy atom. The van der Waals surface area contributed by atoms with Gasteiger partial charge in [0.1, 0.15) is 5.75 Å². The molecule has 0 unspecified atom stereocenters. The number of nitrogens with zero attached hydrogens (tertiary/aromatic N) is 3. The van der Waals surface area contributed by atoms with Crippen LogP contribution in [0.5, 0.6) is 5.75 Å². The Labute approximate surface area is 169 Å². The van der Waals surface area contributed by atoms with E-state index in [9.17, 15) is 0 Å². The van der Waals surface area contributed by atoms with E-state index in [4.69, 9.17) is 19.2 Å². The van der Waals surface area contributed by atoms with E-state index in [2.05, 4.69) is 34.2 Å². The van der Waals surface area contributed by atoms with Crippen molar-refractivity contribution in [3.05, 3.63) is 24.3 Å². The number of aliphatic imine (C=N–C) groups is 1. The molecule has 0 aliphatic carbocycles. The smallest absolute Gasteiger partial charge is 0.194 e. The normalized spacial score (nSPS) is 15.0. The molecular formula is C21H36N4O3. The number of piperazine rings is 1. The summed E-state index contributed by atoms with van der Waals surface area (Å²) in [6, 6.07) is 8.30. The lowest BCUT2D eigenvalue weighted by atomic mass is 10.2. The second kappa shape index (κ2) is 13.2. The van der Waals surface area contributed by atoms with Gasteiger partial charge in [0.15, 0.2) is 5.96 Å². The van der Waals surface area contributed by atoms with Gasteiger partial charge in [0.2, 0.25) is 0 Å². The van der Waals surface area contributed by atoms with Crippen LogP contribution in [0.2, 0.25) is 0 Å². The van der Waals surface area contributed by atoms with Gasteiger partial charge in [-0.25, -0.2) is 0 Å². The van der Waals surface area contributed by atoms with E-state index in [0.29, 0.717) is 13.2 Å². The summed E-state index contributed by atoms with van der Waals surface area (Å²) in [4.78, 5) is 9.58. The fourth-order valence-corrected chi connectivity index (χ4v) is 3.14. The maximum Gasteiger partial charge on any atom is 0.194 e. The van der Waals surface area contributed by atoms with Crippen LogP contribution >= 0.6 is 0 Å². The zero-order chi connectivity index (χ0) is 20.0. The van der Waals surface area contributed by atoms with E-state index in [-0.39, 0.29) is 0 Å². The lowest BCUT2D eigenvalue weighted by molar-refractivity contribution is 0.0690. The summed E-state index contributed by atoms with van der Waals surface area (Å²) in [5, 5.41) is 3.43. The lowest BCUT2D eigenvalue weighted by Crippen LogP contribution is -2.52. The van der Waals surface area contributed by atoms with Crippen molar-refractivity contribution >= 4 is 11.6 Å². The number of rotatable bonds is 11. The maximum absolute atomic E-state index is 5.50. The molecule has 0 spiro atoms. The maximum atomic E-state index is 5.50. The first-order chi connectivity index (χ1) is 13.8. The molecule has 0 aromatic heterocycles. The zero-order valence-electron chi connectivity index (χ0n) is 17.7. The number of hydrogen-bond acceptors (Lipinski definition) is 5. The monoisotopic (exact) mass is 392 g/mol. The number of benzene rings is 1. The first-order valence-electron chi connectivity index (χ1n) is 10.3. The summed E-state index contributed by atoms with van der Waals surface area (Å²) >= 11 is 0. The van der Waals surface area contributed by atoms with Crippen LogP contribution in [-0.4, -0.2) is 84.2 Å². The van der Waals surface area contributed by atoms with Crippen molar-refractivity contribution in [3.63, 3.8) is 0 Å². The predicted octanol–water partition coefficient (Wildman–Crippen LogP) is 2.23. The molecule has 7 heteroatoms. The van der Waals surface area contributed by atoms with E-state index in [1.807, 2.05) is 12.1 Å². The molecule has 1 aliphatic heterocycles. The third-order valence-electron chi connectivity index (χ3n) is 4.74. The summed E-state index contributed by atoms with van der Waals surface area (Å²) in [5.41, 5.74) is 1.25. The SMILES string of the molecule is CCNC(=NCCCCOCCOC)N1CCN(c2ccc(OC)cc2)CC1. The van der Waals surface area contributed by atoms with E-state index in [1.165, 1.54) is 5.69 Å². The van der Waals surface area contributed by atoms with Gasteiger partial charge in [-0.3, -0.25) is 4.99 Å². The van der Waals surface area contributed by atoms with Gasteiger partial charge < -0.3 is 29.3 Å². The van der Waals surface area contributed by atoms with Crippen molar-refractivity contribution in [2.45, 2.75) is 19.8 Å². The van der Waals surface area contributed by atoms with Crippen molar-refractivity contribution in [1.82, 2.24) is 10.2 Å². The molecule has 28 heavy (non-hydrogen) atoms. The average molecular weight is 393 g/mol. The molecule has 1 saturated heterocycles. The third kappa shape index (κ3) is 7.56. The predicted molar refractivity (Wildman–Crippen MR) is 115 cm³/mol. The quantitative estimate of drug-likeness (QED) is 0.354. The van der Waals surface area contributed by atoms with E-state index in [1.54, 1.807) is 14.2 Å². The molecule has 0 saturated carbocycles. The van der Waals surface area contributed by atoms with Gasteiger partial charge in [0.25, 0.3) is 0 Å². The molecule has 1 aliphatic rings. The summed E-state index contributed by atoms with van der Waals surface area (Å²) in [6.07, 6.45) is 2.06. The Balaban J connectivity index is 1.74. The van der Waals surface area contributed by atoms with Crippen molar-refractivity contribution in [3.8, 4) is 5.75 Å². The molecule has 0 amide bonds. The molecule has 0 bridgehead atoms. The van der Waals surface area contributed by atoms with Crippen LogP contribution in [0.25, 0.3) is 0 Å². The van der Waals surface area contributed by atoms with Crippen molar-refractivity contribution in [2.75, 3.05) is 78.2 Å². The number of hydrogen-bond donors (Lipinski definition) is 1. The number of ether oxygens (including phenoxy) is 3. The van der Waals surface area contributed by atoms with Gasteiger partial charge in [-0.1, -0.05) is 0 Å². The average Bonchev–Trinajstić information content (AvgIpc) is 2.75. The lowest BCUT2D eigenvalue weighted by Gasteiger charge is -2.37. The Morgan fingerprint density at radius 1 is 1.00 bits per heavy atom. The van der Waals surface area contributed by atoms with Crippen molar-refractivity contribution < 1.29 is 14.2 Å². The number of guanidine groups is 1. The van der Waals surface area contributed by atoms with Gasteiger partial charge in [0.05, 0.1) is 20.3 Å². The topological polar surface area (TPSA) is 58.6 Å². The molecule has 0 radical (unpaired) electrons. The number of nitrogens with one attached hydrogen (secondary N) is 1. The van der Waals surface area contributed by atoms with E-state index in [0.717, 1.165) is 70.4 Å². The van der Waals surface area contributed by atoms with Gasteiger partial charge in [-0.2, -0.15) is 0 Å². The highest BCUT2D eigenvalue weighted by Crippen LogP contribution is 2.20. The first kappa shape index (κ1) is 22.3. The minimum Gasteiger partial charge on any atom is -0.497 e. The van der Waals surface area contributed by atoms with Crippen molar-refractivity contribution in [2.24, 2.45) is 4.99 Å². The fraction of sp³-hybridized carbons (Fsp3) is 0.667. The Hall–Kier alpha value is -1.99. The first-order valence-corrected chi connectivity index (χ1v) is 10.3. The number of anilines is 1. The highest BCUT2D eigenvalue weighted by molar-refractivity contribution is 5.80. The largest absolute Gasteiger partial charge is 0.497 e. The van der Waals surface area contributed by atoms with Crippen LogP contribution in [0, 0.1) is 0 Å². The Bertz CT molecular complexity index is 557. The molecule has 158 valence electrons. The summed E-state index contributed by atoms with van der Waals surface area (Å²) in [7, 11) is 3.39. The number of methoxy groups -OCH3 is 2. The highest BCUT2D eigenvalue weighted by Gasteiger charge is 2.19. The van der Waals surface area contributed by atoms with E-state index >= 15 is 0 Å². The molecule has 1 aromatic rings. The Kier molecular flexibility index (Phi) is 10.5. The van der Waals surface area contributed by atoms with Crippen LogP contribution < -0.4 is 15.0 Å². The van der Waals surface area contributed by atoms with Gasteiger partial charge in [-0.15, -0.1) is 0 Å². The van der Waals surface area contributed by atoms with Crippen LogP contribution in [-0.2, 0) is 9.47 Å².